The van der Waals surface area contributed by atoms with Crippen LogP contribution >= 0.6 is 11.6 Å². The van der Waals surface area contributed by atoms with Crippen molar-refractivity contribution in [1.29, 1.82) is 0 Å². The van der Waals surface area contributed by atoms with E-state index in [9.17, 15) is 9.59 Å². The van der Waals surface area contributed by atoms with E-state index in [0.29, 0.717) is 10.8 Å². The van der Waals surface area contributed by atoms with E-state index in [1.54, 1.807) is 31.2 Å². The molecule has 1 aromatic carbocycles. The van der Waals surface area contributed by atoms with Crippen LogP contribution in [0.25, 0.3) is 0 Å². The summed E-state index contributed by atoms with van der Waals surface area (Å²) in [4.78, 5) is 25.2. The highest BCUT2D eigenvalue weighted by Gasteiger charge is 2.26. The number of ether oxygens (including phenoxy) is 2. The molecule has 1 amide bonds. The number of hydrogen-bond acceptors (Lipinski definition) is 4. The van der Waals surface area contributed by atoms with E-state index in [1.807, 2.05) is 13.8 Å². The monoisotopic (exact) mass is 313 g/mol. The highest BCUT2D eigenvalue weighted by atomic mass is 35.5. The van der Waals surface area contributed by atoms with Crippen molar-refractivity contribution in [1.82, 2.24) is 4.90 Å². The maximum absolute atomic E-state index is 12.4. The molecule has 1 unspecified atom stereocenters. The lowest BCUT2D eigenvalue weighted by molar-refractivity contribution is -0.150. The molecule has 1 rings (SSSR count). The van der Waals surface area contributed by atoms with E-state index in [0.717, 1.165) is 0 Å². The molecular formula is C15H20ClNO4. The quantitative estimate of drug-likeness (QED) is 0.757. The number of carbonyl (C=O) groups excluding carboxylic acids is 2. The Bertz CT molecular complexity index is 504. The molecule has 0 spiro atoms. The molecule has 5 nitrogen and oxygen atoms in total. The third kappa shape index (κ3) is 5.27. The van der Waals surface area contributed by atoms with Gasteiger partial charge in [-0.05, 0) is 39.0 Å². The number of amides is 1. The van der Waals surface area contributed by atoms with Crippen molar-refractivity contribution < 1.29 is 19.1 Å². The smallest absolute Gasteiger partial charge is 0.325 e. The Kier molecular flexibility index (Phi) is 6.49. The number of benzene rings is 1. The molecule has 0 bridgehead atoms. The molecule has 0 saturated carbocycles. The SMILES string of the molecule is COC(=O)CN(C(=O)C(C)Oc1cccc(Cl)c1)C(C)C. The number of hydrogen-bond donors (Lipinski definition) is 0. The molecule has 1 aromatic rings. The number of methoxy groups -OCH3 is 1. The minimum absolute atomic E-state index is 0.101. The maximum atomic E-state index is 12.4. The van der Waals surface area contributed by atoms with Gasteiger partial charge in [0.2, 0.25) is 0 Å². The molecule has 116 valence electrons. The van der Waals surface area contributed by atoms with Crippen molar-refractivity contribution >= 4 is 23.5 Å². The van der Waals surface area contributed by atoms with Crippen LogP contribution in [0.1, 0.15) is 20.8 Å². The van der Waals surface area contributed by atoms with Gasteiger partial charge >= 0.3 is 5.97 Å². The fourth-order valence-electron chi connectivity index (χ4n) is 1.75. The highest BCUT2D eigenvalue weighted by molar-refractivity contribution is 6.30. The van der Waals surface area contributed by atoms with Crippen molar-refractivity contribution in [3.63, 3.8) is 0 Å². The summed E-state index contributed by atoms with van der Waals surface area (Å²) in [7, 11) is 1.29. The summed E-state index contributed by atoms with van der Waals surface area (Å²) in [5.41, 5.74) is 0. The Morgan fingerprint density at radius 3 is 2.48 bits per heavy atom. The second-order valence-electron chi connectivity index (χ2n) is 4.85. The van der Waals surface area contributed by atoms with E-state index in [4.69, 9.17) is 16.3 Å². The molecule has 0 fully saturated rings. The molecule has 0 N–H and O–H groups in total. The first-order valence-corrected chi connectivity index (χ1v) is 7.02. The molecule has 0 aliphatic heterocycles. The Hall–Kier alpha value is -1.75. The number of halogens is 1. The minimum Gasteiger partial charge on any atom is -0.481 e. The Morgan fingerprint density at radius 1 is 1.29 bits per heavy atom. The molecule has 0 radical (unpaired) electrons. The van der Waals surface area contributed by atoms with Crippen LogP contribution in [0.15, 0.2) is 24.3 Å². The molecule has 0 saturated heterocycles. The van der Waals surface area contributed by atoms with Gasteiger partial charge in [0, 0.05) is 11.1 Å². The Labute approximate surface area is 129 Å². The van der Waals surface area contributed by atoms with Crippen molar-refractivity contribution in [2.45, 2.75) is 32.9 Å². The molecule has 0 aliphatic rings. The molecule has 6 heteroatoms. The zero-order valence-corrected chi connectivity index (χ0v) is 13.4. The van der Waals surface area contributed by atoms with Crippen molar-refractivity contribution in [2.24, 2.45) is 0 Å². The molecule has 21 heavy (non-hydrogen) atoms. The van der Waals surface area contributed by atoms with E-state index in [-0.39, 0.29) is 18.5 Å². The van der Waals surface area contributed by atoms with Crippen LogP contribution in [0, 0.1) is 0 Å². The lowest BCUT2D eigenvalue weighted by atomic mass is 10.2. The largest absolute Gasteiger partial charge is 0.481 e. The fourth-order valence-corrected chi connectivity index (χ4v) is 1.93. The van der Waals surface area contributed by atoms with E-state index in [2.05, 4.69) is 4.74 Å². The van der Waals surface area contributed by atoms with Gasteiger partial charge in [0.05, 0.1) is 7.11 Å². The summed E-state index contributed by atoms with van der Waals surface area (Å²) in [6.45, 7) is 5.19. The number of rotatable bonds is 6. The first kappa shape index (κ1) is 17.3. The molecule has 0 heterocycles. The van der Waals surface area contributed by atoms with Gasteiger partial charge in [0.15, 0.2) is 6.10 Å². The molecule has 0 aliphatic carbocycles. The van der Waals surface area contributed by atoms with Gasteiger partial charge in [-0.25, -0.2) is 0 Å². The summed E-state index contributed by atoms with van der Waals surface area (Å²) in [5, 5.41) is 0.530. The average molecular weight is 314 g/mol. The van der Waals surface area contributed by atoms with Gasteiger partial charge in [-0.3, -0.25) is 9.59 Å². The van der Waals surface area contributed by atoms with Gasteiger partial charge < -0.3 is 14.4 Å². The lowest BCUT2D eigenvalue weighted by Crippen LogP contribution is -2.47. The third-order valence-corrected chi connectivity index (χ3v) is 3.13. The summed E-state index contributed by atoms with van der Waals surface area (Å²) in [6, 6.07) is 6.67. The average Bonchev–Trinajstić information content (AvgIpc) is 2.43. The van der Waals surface area contributed by atoms with Gasteiger partial charge in [-0.1, -0.05) is 17.7 Å². The van der Waals surface area contributed by atoms with E-state index < -0.39 is 12.1 Å². The molecule has 1 atom stereocenters. The molecular weight excluding hydrogens is 294 g/mol. The first-order chi connectivity index (χ1) is 9.85. The van der Waals surface area contributed by atoms with Gasteiger partial charge in [-0.2, -0.15) is 0 Å². The lowest BCUT2D eigenvalue weighted by Gasteiger charge is -2.28. The highest BCUT2D eigenvalue weighted by Crippen LogP contribution is 2.19. The van der Waals surface area contributed by atoms with E-state index >= 15 is 0 Å². The van der Waals surface area contributed by atoms with Crippen molar-refractivity contribution in [2.75, 3.05) is 13.7 Å². The number of carbonyl (C=O) groups is 2. The standard InChI is InChI=1S/C15H20ClNO4/c1-10(2)17(9-14(18)20-4)15(19)11(3)21-13-7-5-6-12(16)8-13/h5-8,10-11H,9H2,1-4H3. The third-order valence-electron chi connectivity index (χ3n) is 2.89. The number of nitrogens with zero attached hydrogens (tertiary/aromatic N) is 1. The second-order valence-corrected chi connectivity index (χ2v) is 5.29. The summed E-state index contributed by atoms with van der Waals surface area (Å²) < 4.78 is 10.2. The Morgan fingerprint density at radius 2 is 1.95 bits per heavy atom. The summed E-state index contributed by atoms with van der Waals surface area (Å²) >= 11 is 5.87. The van der Waals surface area contributed by atoms with E-state index in [1.165, 1.54) is 12.0 Å². The topological polar surface area (TPSA) is 55.8 Å². The first-order valence-electron chi connectivity index (χ1n) is 6.64. The van der Waals surface area contributed by atoms with Crippen LogP contribution in [0.5, 0.6) is 5.75 Å². The minimum atomic E-state index is -0.726. The summed E-state index contributed by atoms with van der Waals surface area (Å²) in [6.07, 6.45) is -0.726. The number of esters is 1. The normalized spacial score (nSPS) is 11.9. The summed E-state index contributed by atoms with van der Waals surface area (Å²) in [5.74, 6) is -0.243. The van der Waals surface area contributed by atoms with Crippen LogP contribution in [0.2, 0.25) is 5.02 Å². The second kappa shape index (κ2) is 7.88. The zero-order chi connectivity index (χ0) is 16.0. The van der Waals surface area contributed by atoms with Crippen molar-refractivity contribution in [3.05, 3.63) is 29.3 Å². The van der Waals surface area contributed by atoms with Gasteiger partial charge in [0.1, 0.15) is 12.3 Å². The predicted octanol–water partition coefficient (Wildman–Crippen LogP) is 2.52. The predicted molar refractivity (Wildman–Crippen MR) is 80.4 cm³/mol. The van der Waals surface area contributed by atoms with Crippen LogP contribution in [-0.4, -0.2) is 42.6 Å². The fraction of sp³-hybridized carbons (Fsp3) is 0.467. The Balaban J connectivity index is 2.76. The van der Waals surface area contributed by atoms with Gasteiger partial charge in [-0.15, -0.1) is 0 Å². The van der Waals surface area contributed by atoms with Crippen molar-refractivity contribution in [3.8, 4) is 5.75 Å². The van der Waals surface area contributed by atoms with Crippen LogP contribution in [-0.2, 0) is 14.3 Å². The maximum Gasteiger partial charge on any atom is 0.325 e. The van der Waals surface area contributed by atoms with Gasteiger partial charge in [0.25, 0.3) is 5.91 Å². The zero-order valence-electron chi connectivity index (χ0n) is 12.6. The van der Waals surface area contributed by atoms with Crippen LogP contribution in [0.3, 0.4) is 0 Å². The molecule has 0 aromatic heterocycles. The van der Waals surface area contributed by atoms with Crippen LogP contribution in [0.4, 0.5) is 0 Å². The van der Waals surface area contributed by atoms with Crippen LogP contribution < -0.4 is 4.74 Å².